The third kappa shape index (κ3) is 5.51. The summed E-state index contributed by atoms with van der Waals surface area (Å²) in [6.45, 7) is 6.31. The molecule has 1 atom stereocenters. The minimum Gasteiger partial charge on any atom is -0.352 e. The van der Waals surface area contributed by atoms with Crippen LogP contribution in [0.5, 0.6) is 0 Å². The Bertz CT molecular complexity index is 1250. The number of hydrogen-bond donors (Lipinski definition) is 1. The Hall–Kier alpha value is -2.27. The van der Waals surface area contributed by atoms with Crippen molar-refractivity contribution in [3.05, 3.63) is 58.7 Å². The Labute approximate surface area is 203 Å². The summed E-state index contributed by atoms with van der Waals surface area (Å²) in [7, 11) is -4.28. The summed E-state index contributed by atoms with van der Waals surface area (Å²) in [5.74, 6) is -0.648. The van der Waals surface area contributed by atoms with Gasteiger partial charge in [0.1, 0.15) is 0 Å². The Balaban J connectivity index is 1.67. The highest BCUT2D eigenvalue weighted by Gasteiger charge is 2.34. The van der Waals surface area contributed by atoms with E-state index in [1.165, 1.54) is 30.5 Å². The smallest absolute Gasteiger partial charge is 0.243 e. The first-order valence-corrected chi connectivity index (χ1v) is 14.1. The molecule has 0 spiro atoms. The van der Waals surface area contributed by atoms with E-state index in [1.807, 2.05) is 19.1 Å². The number of carbonyl (C=O) groups is 1. The second-order valence-electron chi connectivity index (χ2n) is 9.08. The van der Waals surface area contributed by atoms with Crippen LogP contribution in [-0.4, -0.2) is 58.5 Å². The van der Waals surface area contributed by atoms with Gasteiger partial charge in [0.05, 0.1) is 15.7 Å². The molecular weight excluding hydrogens is 474 g/mol. The highest BCUT2D eigenvalue weighted by molar-refractivity contribution is 7.89. The molecule has 0 aliphatic carbocycles. The molecule has 1 fully saturated rings. The average Bonchev–Trinajstić information content (AvgIpc) is 2.76. The van der Waals surface area contributed by atoms with Crippen LogP contribution in [0.4, 0.5) is 0 Å². The quantitative estimate of drug-likeness (QED) is 0.620. The summed E-state index contributed by atoms with van der Waals surface area (Å²) in [5, 5.41) is 2.87. The fourth-order valence-corrected chi connectivity index (χ4v) is 7.24. The Morgan fingerprint density at radius 1 is 1.03 bits per heavy atom. The Kier molecular flexibility index (Phi) is 7.86. The van der Waals surface area contributed by atoms with Crippen LogP contribution < -0.4 is 5.32 Å². The number of hydrogen-bond acceptors (Lipinski definition) is 5. The van der Waals surface area contributed by atoms with E-state index in [0.717, 1.165) is 15.4 Å². The average molecular weight is 508 g/mol. The van der Waals surface area contributed by atoms with Gasteiger partial charge in [-0.15, -0.1) is 0 Å². The largest absolute Gasteiger partial charge is 0.352 e. The van der Waals surface area contributed by atoms with Crippen molar-refractivity contribution in [1.29, 1.82) is 0 Å². The lowest BCUT2D eigenvalue weighted by Gasteiger charge is -2.32. The molecule has 2 aromatic rings. The number of nitrogens with one attached hydrogen (secondary N) is 1. The normalized spacial score (nSPS) is 17.6. The molecule has 3 rings (SSSR count). The van der Waals surface area contributed by atoms with E-state index in [9.17, 15) is 21.6 Å². The molecule has 1 N–H and O–H groups in total. The zero-order valence-electron chi connectivity index (χ0n) is 20.3. The van der Waals surface area contributed by atoms with Gasteiger partial charge < -0.3 is 5.32 Å². The number of carbonyl (C=O) groups excluding carboxylic acids is 1. The number of nitrogens with zero attached hydrogens (tertiary/aromatic N) is 2. The minimum absolute atomic E-state index is 0.140. The molecule has 10 heteroatoms. The standard InChI is InChI=1S/C24H33N3O5S2/c1-17-13-18(2)23(19(3)14-17)34(31,32)27-12-6-7-21(16-27)24(28)25-15-20-8-10-22(11-9-20)33(29,30)26(4)5/h8-11,13-14,21H,6-7,12,15-16H2,1-5H3,(H,25,28). The van der Waals surface area contributed by atoms with Crippen molar-refractivity contribution in [2.45, 2.75) is 49.9 Å². The minimum atomic E-state index is -3.71. The van der Waals surface area contributed by atoms with E-state index >= 15 is 0 Å². The van der Waals surface area contributed by atoms with Crippen molar-refractivity contribution in [3.63, 3.8) is 0 Å². The number of aryl methyl sites for hydroxylation is 3. The predicted molar refractivity (Wildman–Crippen MR) is 131 cm³/mol. The van der Waals surface area contributed by atoms with Crippen LogP contribution in [0.25, 0.3) is 0 Å². The van der Waals surface area contributed by atoms with Crippen LogP contribution in [0.15, 0.2) is 46.2 Å². The molecule has 0 radical (unpaired) electrons. The van der Waals surface area contributed by atoms with Crippen molar-refractivity contribution >= 4 is 26.0 Å². The lowest BCUT2D eigenvalue weighted by Crippen LogP contribution is -2.45. The monoisotopic (exact) mass is 507 g/mol. The third-order valence-electron chi connectivity index (χ3n) is 6.13. The van der Waals surface area contributed by atoms with Crippen molar-refractivity contribution < 1.29 is 21.6 Å². The first-order valence-electron chi connectivity index (χ1n) is 11.2. The van der Waals surface area contributed by atoms with Gasteiger partial charge in [-0.2, -0.15) is 4.31 Å². The van der Waals surface area contributed by atoms with Crippen molar-refractivity contribution in [2.75, 3.05) is 27.2 Å². The van der Waals surface area contributed by atoms with E-state index in [1.54, 1.807) is 26.0 Å². The third-order valence-corrected chi connectivity index (χ3v) is 10.1. The van der Waals surface area contributed by atoms with Crippen LogP contribution in [0.1, 0.15) is 35.1 Å². The number of piperidine rings is 1. The van der Waals surface area contributed by atoms with Crippen LogP contribution in [0, 0.1) is 26.7 Å². The summed E-state index contributed by atoms with van der Waals surface area (Å²) in [5.41, 5.74) is 3.20. The molecule has 0 saturated carbocycles. The molecule has 0 aromatic heterocycles. The molecule has 1 saturated heterocycles. The number of amides is 1. The maximum atomic E-state index is 13.4. The van der Waals surface area contributed by atoms with E-state index in [0.29, 0.717) is 35.4 Å². The van der Waals surface area contributed by atoms with Gasteiger partial charge in [0.15, 0.2) is 0 Å². The molecule has 2 aromatic carbocycles. The Morgan fingerprint density at radius 3 is 2.18 bits per heavy atom. The molecule has 0 bridgehead atoms. The van der Waals surface area contributed by atoms with Crippen molar-refractivity contribution in [2.24, 2.45) is 5.92 Å². The van der Waals surface area contributed by atoms with Gasteiger partial charge in [-0.05, 0) is 62.4 Å². The molecule has 186 valence electrons. The zero-order chi connectivity index (χ0) is 25.3. The summed E-state index contributed by atoms with van der Waals surface area (Å²) < 4.78 is 53.7. The van der Waals surface area contributed by atoms with Gasteiger partial charge in [0.25, 0.3) is 0 Å². The Morgan fingerprint density at radius 2 is 1.62 bits per heavy atom. The van der Waals surface area contributed by atoms with E-state index in [2.05, 4.69) is 5.32 Å². The lowest BCUT2D eigenvalue weighted by molar-refractivity contribution is -0.126. The fourth-order valence-electron chi connectivity index (χ4n) is 4.40. The molecule has 34 heavy (non-hydrogen) atoms. The second kappa shape index (κ2) is 10.2. The molecule has 1 amide bonds. The molecule has 1 aliphatic heterocycles. The molecule has 1 aliphatic rings. The van der Waals surface area contributed by atoms with Gasteiger partial charge in [0, 0.05) is 33.7 Å². The molecule has 1 heterocycles. The van der Waals surface area contributed by atoms with Crippen LogP contribution in [-0.2, 0) is 31.4 Å². The van der Waals surface area contributed by atoms with Crippen LogP contribution in [0.2, 0.25) is 0 Å². The highest BCUT2D eigenvalue weighted by atomic mass is 32.2. The first-order chi connectivity index (χ1) is 15.8. The van der Waals surface area contributed by atoms with Crippen molar-refractivity contribution in [1.82, 2.24) is 13.9 Å². The summed E-state index contributed by atoms with van der Waals surface area (Å²) in [4.78, 5) is 13.3. The van der Waals surface area contributed by atoms with Gasteiger partial charge >= 0.3 is 0 Å². The van der Waals surface area contributed by atoms with Crippen molar-refractivity contribution in [3.8, 4) is 0 Å². The number of sulfonamides is 2. The summed E-state index contributed by atoms with van der Waals surface area (Å²) >= 11 is 0. The molecule has 8 nitrogen and oxygen atoms in total. The molecule has 1 unspecified atom stereocenters. The van der Waals surface area contributed by atoms with Crippen LogP contribution in [0.3, 0.4) is 0 Å². The summed E-state index contributed by atoms with van der Waals surface area (Å²) in [6.07, 6.45) is 1.22. The first kappa shape index (κ1) is 26.3. The van der Waals surface area contributed by atoms with Gasteiger partial charge in [-0.1, -0.05) is 29.8 Å². The zero-order valence-corrected chi connectivity index (χ0v) is 22.0. The number of benzene rings is 2. The predicted octanol–water partition coefficient (Wildman–Crippen LogP) is 2.58. The SMILES string of the molecule is Cc1cc(C)c(S(=O)(=O)N2CCCC(C(=O)NCc3ccc(S(=O)(=O)N(C)C)cc3)C2)c(C)c1. The highest BCUT2D eigenvalue weighted by Crippen LogP contribution is 2.29. The van der Waals surface area contributed by atoms with Crippen LogP contribution >= 0.6 is 0 Å². The number of rotatable bonds is 7. The fraction of sp³-hybridized carbons (Fsp3) is 0.458. The van der Waals surface area contributed by atoms with Gasteiger partial charge in [-0.3, -0.25) is 4.79 Å². The topological polar surface area (TPSA) is 104 Å². The lowest BCUT2D eigenvalue weighted by atomic mass is 9.99. The maximum Gasteiger partial charge on any atom is 0.243 e. The van der Waals surface area contributed by atoms with Gasteiger partial charge in [0.2, 0.25) is 26.0 Å². The van der Waals surface area contributed by atoms with E-state index < -0.39 is 26.0 Å². The maximum absolute atomic E-state index is 13.4. The van der Waals surface area contributed by atoms with E-state index in [4.69, 9.17) is 0 Å². The summed E-state index contributed by atoms with van der Waals surface area (Å²) in [6, 6.07) is 10.1. The second-order valence-corrected chi connectivity index (χ2v) is 13.1. The van der Waals surface area contributed by atoms with Gasteiger partial charge in [-0.25, -0.2) is 21.1 Å². The van der Waals surface area contributed by atoms with E-state index in [-0.39, 0.29) is 23.9 Å². The molecular formula is C24H33N3O5S2.